The summed E-state index contributed by atoms with van der Waals surface area (Å²) in [7, 11) is 1.62. The zero-order chi connectivity index (χ0) is 9.10. The summed E-state index contributed by atoms with van der Waals surface area (Å²) in [6, 6.07) is 0. The highest BCUT2D eigenvalue weighted by Crippen LogP contribution is 2.20. The van der Waals surface area contributed by atoms with Crippen LogP contribution in [0.1, 0.15) is 24.1 Å². The first-order valence-electron chi connectivity index (χ1n) is 4.42. The summed E-state index contributed by atoms with van der Waals surface area (Å²) in [5.41, 5.74) is 0. The van der Waals surface area contributed by atoms with E-state index in [0.29, 0.717) is 18.3 Å². The lowest BCUT2D eigenvalue weighted by Crippen LogP contribution is -2.08. The van der Waals surface area contributed by atoms with Crippen LogP contribution in [-0.4, -0.2) is 30.3 Å². The fraction of sp³-hybridized carbons (Fsp3) is 0.750. The van der Waals surface area contributed by atoms with Crippen molar-refractivity contribution in [1.82, 2.24) is 15.5 Å². The number of hydrogen-bond acceptors (Lipinski definition) is 5. The molecule has 2 rings (SSSR count). The fourth-order valence-electron chi connectivity index (χ4n) is 1.49. The van der Waals surface area contributed by atoms with Gasteiger partial charge >= 0.3 is 0 Å². The van der Waals surface area contributed by atoms with Gasteiger partial charge in [-0.1, -0.05) is 5.16 Å². The molecular weight excluding hydrogens is 170 g/mol. The van der Waals surface area contributed by atoms with Crippen molar-refractivity contribution in [3.63, 3.8) is 0 Å². The minimum atomic E-state index is 0.387. The van der Waals surface area contributed by atoms with E-state index in [1.54, 1.807) is 7.11 Å². The number of hydrogen-bond donors (Lipinski definition) is 1. The summed E-state index contributed by atoms with van der Waals surface area (Å²) in [6.45, 7) is 2.39. The quantitative estimate of drug-likeness (QED) is 0.730. The van der Waals surface area contributed by atoms with Crippen molar-refractivity contribution >= 4 is 0 Å². The first-order chi connectivity index (χ1) is 6.40. The van der Waals surface area contributed by atoms with Gasteiger partial charge in [0.15, 0.2) is 5.82 Å². The lowest BCUT2D eigenvalue weighted by molar-refractivity contribution is 0.174. The molecule has 1 aromatic heterocycles. The monoisotopic (exact) mass is 183 g/mol. The Morgan fingerprint density at radius 2 is 2.62 bits per heavy atom. The van der Waals surface area contributed by atoms with Gasteiger partial charge in [0.2, 0.25) is 5.89 Å². The molecule has 0 aromatic carbocycles. The molecule has 0 saturated carbocycles. The summed E-state index contributed by atoms with van der Waals surface area (Å²) < 4.78 is 10.0. The zero-order valence-electron chi connectivity index (χ0n) is 7.62. The van der Waals surface area contributed by atoms with Crippen LogP contribution in [0.5, 0.6) is 0 Å². The minimum absolute atomic E-state index is 0.387. The van der Waals surface area contributed by atoms with Gasteiger partial charge in [-0.3, -0.25) is 0 Å². The Bertz CT molecular complexity index is 268. The van der Waals surface area contributed by atoms with E-state index in [-0.39, 0.29) is 0 Å². The molecule has 1 aliphatic heterocycles. The second-order valence-corrected chi connectivity index (χ2v) is 3.17. The molecule has 1 aliphatic rings. The zero-order valence-corrected chi connectivity index (χ0v) is 7.62. The van der Waals surface area contributed by atoms with Crippen LogP contribution >= 0.6 is 0 Å². The Labute approximate surface area is 76.5 Å². The van der Waals surface area contributed by atoms with Crippen molar-refractivity contribution in [2.24, 2.45) is 0 Å². The third-order valence-electron chi connectivity index (χ3n) is 2.17. The molecule has 1 N–H and O–H groups in total. The van der Waals surface area contributed by atoms with E-state index in [0.717, 1.165) is 25.4 Å². The summed E-state index contributed by atoms with van der Waals surface area (Å²) in [5, 5.41) is 7.06. The van der Waals surface area contributed by atoms with E-state index in [1.165, 1.54) is 0 Å². The highest BCUT2D eigenvalue weighted by atomic mass is 16.5. The van der Waals surface area contributed by atoms with Gasteiger partial charge in [0.05, 0.1) is 5.92 Å². The summed E-state index contributed by atoms with van der Waals surface area (Å²) in [5.74, 6) is 1.75. The average Bonchev–Trinajstić information content (AvgIpc) is 2.70. The smallest absolute Gasteiger partial charge is 0.231 e. The molecule has 1 atom stereocenters. The van der Waals surface area contributed by atoms with E-state index in [1.807, 2.05) is 0 Å². The molecule has 1 saturated heterocycles. The molecule has 5 nitrogen and oxygen atoms in total. The van der Waals surface area contributed by atoms with Crippen LogP contribution in [0.3, 0.4) is 0 Å². The normalized spacial score (nSPS) is 22.4. The molecule has 2 heterocycles. The Hall–Kier alpha value is -0.940. The lowest BCUT2D eigenvalue weighted by Gasteiger charge is -1.98. The van der Waals surface area contributed by atoms with Crippen LogP contribution in [0, 0.1) is 0 Å². The SMILES string of the molecule is COCc1noc([C@H]2CCNC2)n1. The molecule has 1 fully saturated rings. The van der Waals surface area contributed by atoms with Crippen LogP contribution < -0.4 is 5.32 Å². The Morgan fingerprint density at radius 3 is 3.31 bits per heavy atom. The highest BCUT2D eigenvalue weighted by Gasteiger charge is 2.22. The van der Waals surface area contributed by atoms with Crippen molar-refractivity contribution in [2.75, 3.05) is 20.2 Å². The second-order valence-electron chi connectivity index (χ2n) is 3.17. The molecule has 0 radical (unpaired) electrons. The molecule has 0 aliphatic carbocycles. The van der Waals surface area contributed by atoms with Crippen LogP contribution in [0.25, 0.3) is 0 Å². The molecular formula is C8H13N3O2. The topological polar surface area (TPSA) is 60.2 Å². The lowest BCUT2D eigenvalue weighted by atomic mass is 10.1. The Kier molecular flexibility index (Phi) is 2.56. The number of nitrogens with one attached hydrogen (secondary N) is 1. The Balaban J connectivity index is 2.03. The molecule has 0 spiro atoms. The van der Waals surface area contributed by atoms with Crippen LogP contribution in [0.4, 0.5) is 0 Å². The second kappa shape index (κ2) is 3.85. The van der Waals surface area contributed by atoms with E-state index in [2.05, 4.69) is 15.5 Å². The van der Waals surface area contributed by atoms with Gasteiger partial charge in [0.25, 0.3) is 0 Å². The Morgan fingerprint density at radius 1 is 1.69 bits per heavy atom. The first kappa shape index (κ1) is 8.65. The summed E-state index contributed by atoms with van der Waals surface area (Å²) >= 11 is 0. The van der Waals surface area contributed by atoms with Gasteiger partial charge in [-0.2, -0.15) is 4.98 Å². The average molecular weight is 183 g/mol. The van der Waals surface area contributed by atoms with Crippen LogP contribution in [0.2, 0.25) is 0 Å². The van der Waals surface area contributed by atoms with E-state index in [9.17, 15) is 0 Å². The van der Waals surface area contributed by atoms with Crippen molar-refractivity contribution in [3.8, 4) is 0 Å². The van der Waals surface area contributed by atoms with Gasteiger partial charge in [0, 0.05) is 13.7 Å². The van der Waals surface area contributed by atoms with E-state index < -0.39 is 0 Å². The van der Waals surface area contributed by atoms with Gasteiger partial charge in [0.1, 0.15) is 6.61 Å². The number of aromatic nitrogens is 2. The van der Waals surface area contributed by atoms with Gasteiger partial charge < -0.3 is 14.6 Å². The molecule has 13 heavy (non-hydrogen) atoms. The highest BCUT2D eigenvalue weighted by molar-refractivity contribution is 4.97. The van der Waals surface area contributed by atoms with Crippen molar-refractivity contribution in [2.45, 2.75) is 18.9 Å². The molecule has 72 valence electrons. The minimum Gasteiger partial charge on any atom is -0.377 e. The molecule has 1 aromatic rings. The van der Waals surface area contributed by atoms with Gasteiger partial charge in [-0.15, -0.1) is 0 Å². The third-order valence-corrected chi connectivity index (χ3v) is 2.17. The molecule has 0 bridgehead atoms. The first-order valence-corrected chi connectivity index (χ1v) is 4.42. The predicted octanol–water partition coefficient (Wildman–Crippen LogP) is 0.293. The third kappa shape index (κ3) is 1.87. The standard InChI is InChI=1S/C8H13N3O2/c1-12-5-7-10-8(13-11-7)6-2-3-9-4-6/h6,9H,2-5H2,1H3/t6-/m0/s1. The van der Waals surface area contributed by atoms with E-state index in [4.69, 9.17) is 9.26 Å². The molecule has 5 heteroatoms. The number of rotatable bonds is 3. The van der Waals surface area contributed by atoms with Gasteiger partial charge in [-0.25, -0.2) is 0 Å². The summed E-state index contributed by atoms with van der Waals surface area (Å²) in [6.07, 6.45) is 1.08. The summed E-state index contributed by atoms with van der Waals surface area (Å²) in [4.78, 5) is 4.24. The maximum Gasteiger partial charge on any atom is 0.231 e. The number of methoxy groups -OCH3 is 1. The van der Waals surface area contributed by atoms with Crippen LogP contribution in [-0.2, 0) is 11.3 Å². The van der Waals surface area contributed by atoms with Crippen molar-refractivity contribution in [3.05, 3.63) is 11.7 Å². The fourth-order valence-corrected chi connectivity index (χ4v) is 1.49. The van der Waals surface area contributed by atoms with Crippen molar-refractivity contribution < 1.29 is 9.26 Å². The largest absolute Gasteiger partial charge is 0.377 e. The maximum atomic E-state index is 5.12. The maximum absolute atomic E-state index is 5.12. The predicted molar refractivity (Wildman–Crippen MR) is 45.2 cm³/mol. The molecule has 0 unspecified atom stereocenters. The number of ether oxygens (including phenoxy) is 1. The van der Waals surface area contributed by atoms with Gasteiger partial charge in [-0.05, 0) is 13.0 Å². The van der Waals surface area contributed by atoms with Crippen LogP contribution in [0.15, 0.2) is 4.52 Å². The molecule has 0 amide bonds. The number of nitrogens with zero attached hydrogens (tertiary/aromatic N) is 2. The van der Waals surface area contributed by atoms with Crippen molar-refractivity contribution in [1.29, 1.82) is 0 Å². The van der Waals surface area contributed by atoms with E-state index >= 15 is 0 Å².